The molecule has 0 aliphatic carbocycles. The molecule has 96 valence electrons. The highest BCUT2D eigenvalue weighted by Gasteiger charge is 2.33. The molecule has 1 saturated heterocycles. The van der Waals surface area contributed by atoms with Crippen LogP contribution in [0, 0.1) is 12.8 Å². The summed E-state index contributed by atoms with van der Waals surface area (Å²) in [4.78, 5) is 1.29. The Morgan fingerprint density at radius 1 is 1.47 bits per heavy atom. The third kappa shape index (κ3) is 2.75. The first-order chi connectivity index (χ1) is 7.91. The van der Waals surface area contributed by atoms with Gasteiger partial charge in [0.1, 0.15) is 4.21 Å². The van der Waals surface area contributed by atoms with Gasteiger partial charge >= 0.3 is 0 Å². The number of sulfonamides is 1. The highest BCUT2D eigenvalue weighted by Crippen LogP contribution is 2.30. The SMILES string of the molecule is Cc1ccc(S(=O)(=O)N2CCC(C)C(Br)C2)s1. The molecule has 2 atom stereocenters. The Morgan fingerprint density at radius 3 is 2.71 bits per heavy atom. The van der Waals surface area contributed by atoms with E-state index < -0.39 is 10.0 Å². The lowest BCUT2D eigenvalue weighted by Gasteiger charge is -2.32. The van der Waals surface area contributed by atoms with Crippen molar-refractivity contribution in [3.05, 3.63) is 17.0 Å². The third-order valence-corrected chi connectivity index (χ3v) is 7.66. The predicted octanol–water partition coefficient (Wildman–Crippen LogP) is 2.85. The summed E-state index contributed by atoms with van der Waals surface area (Å²) in [5.41, 5.74) is 0. The van der Waals surface area contributed by atoms with Crippen molar-refractivity contribution >= 4 is 37.3 Å². The van der Waals surface area contributed by atoms with Crippen LogP contribution in [0.1, 0.15) is 18.2 Å². The summed E-state index contributed by atoms with van der Waals surface area (Å²) in [7, 11) is -3.28. The molecule has 0 spiro atoms. The Kier molecular flexibility index (Phi) is 3.97. The van der Waals surface area contributed by atoms with Gasteiger partial charge in [-0.1, -0.05) is 22.9 Å². The molecule has 1 aromatic rings. The van der Waals surface area contributed by atoms with Crippen molar-refractivity contribution in [2.45, 2.75) is 29.3 Å². The second-order valence-corrected chi connectivity index (χ2v) is 9.14. The van der Waals surface area contributed by atoms with E-state index in [1.165, 1.54) is 11.3 Å². The van der Waals surface area contributed by atoms with Crippen LogP contribution in [-0.4, -0.2) is 30.6 Å². The highest BCUT2D eigenvalue weighted by molar-refractivity contribution is 9.09. The van der Waals surface area contributed by atoms with Gasteiger partial charge in [-0.3, -0.25) is 0 Å². The van der Waals surface area contributed by atoms with Crippen LogP contribution in [0.4, 0.5) is 0 Å². The average molecular weight is 338 g/mol. The van der Waals surface area contributed by atoms with Gasteiger partial charge in [0.05, 0.1) is 0 Å². The summed E-state index contributed by atoms with van der Waals surface area (Å²) in [6.07, 6.45) is 0.916. The smallest absolute Gasteiger partial charge is 0.206 e. The fourth-order valence-electron chi connectivity index (χ4n) is 1.89. The van der Waals surface area contributed by atoms with E-state index in [-0.39, 0.29) is 4.83 Å². The van der Waals surface area contributed by atoms with Crippen molar-refractivity contribution in [1.29, 1.82) is 0 Å². The van der Waals surface area contributed by atoms with E-state index in [1.54, 1.807) is 10.4 Å². The third-order valence-electron chi connectivity index (χ3n) is 3.14. The lowest BCUT2D eigenvalue weighted by atomic mass is 10.0. The van der Waals surface area contributed by atoms with Crippen molar-refractivity contribution in [2.24, 2.45) is 5.92 Å². The molecule has 0 aromatic carbocycles. The monoisotopic (exact) mass is 337 g/mol. The minimum Gasteiger partial charge on any atom is -0.206 e. The second kappa shape index (κ2) is 4.99. The lowest BCUT2D eigenvalue weighted by Crippen LogP contribution is -2.43. The topological polar surface area (TPSA) is 37.4 Å². The van der Waals surface area contributed by atoms with Gasteiger partial charge in [-0.2, -0.15) is 4.31 Å². The molecule has 0 saturated carbocycles. The maximum Gasteiger partial charge on any atom is 0.252 e. The number of aryl methyl sites for hydroxylation is 1. The van der Waals surface area contributed by atoms with Crippen LogP contribution in [0.5, 0.6) is 0 Å². The van der Waals surface area contributed by atoms with E-state index in [9.17, 15) is 8.42 Å². The van der Waals surface area contributed by atoms with Crippen molar-refractivity contribution < 1.29 is 8.42 Å². The molecule has 3 nitrogen and oxygen atoms in total. The molecule has 1 aromatic heterocycles. The Morgan fingerprint density at radius 2 is 2.18 bits per heavy atom. The Balaban J connectivity index is 2.22. The van der Waals surface area contributed by atoms with Gasteiger partial charge in [-0.05, 0) is 31.4 Å². The van der Waals surface area contributed by atoms with Gasteiger partial charge in [-0.15, -0.1) is 11.3 Å². The Hall–Kier alpha value is 0.0900. The molecule has 0 radical (unpaired) electrons. The van der Waals surface area contributed by atoms with Crippen LogP contribution in [0.3, 0.4) is 0 Å². The van der Waals surface area contributed by atoms with Crippen LogP contribution in [0.15, 0.2) is 16.3 Å². The summed E-state index contributed by atoms with van der Waals surface area (Å²) in [5.74, 6) is 0.534. The fraction of sp³-hybridized carbons (Fsp3) is 0.636. The number of hydrogen-bond donors (Lipinski definition) is 0. The second-order valence-electron chi connectivity index (χ2n) is 4.51. The van der Waals surface area contributed by atoms with Gasteiger partial charge in [0.2, 0.25) is 0 Å². The molecule has 0 amide bonds. The van der Waals surface area contributed by atoms with Crippen molar-refractivity contribution in [1.82, 2.24) is 4.31 Å². The lowest BCUT2D eigenvalue weighted by molar-refractivity contribution is 0.300. The average Bonchev–Trinajstić information content (AvgIpc) is 2.69. The van der Waals surface area contributed by atoms with Crippen LogP contribution < -0.4 is 0 Å². The molecule has 1 aliphatic heterocycles. The van der Waals surface area contributed by atoms with Gasteiger partial charge < -0.3 is 0 Å². The number of halogens is 1. The summed E-state index contributed by atoms with van der Waals surface area (Å²) in [5, 5.41) is 0. The molecule has 1 fully saturated rings. The van der Waals surface area contributed by atoms with Gasteiger partial charge in [0.15, 0.2) is 0 Å². The summed E-state index contributed by atoms with van der Waals surface area (Å²) >= 11 is 4.91. The molecule has 0 N–H and O–H groups in total. The summed E-state index contributed by atoms with van der Waals surface area (Å²) < 4.78 is 26.8. The number of hydrogen-bond acceptors (Lipinski definition) is 3. The molecule has 17 heavy (non-hydrogen) atoms. The first kappa shape index (κ1) is 13.5. The highest BCUT2D eigenvalue weighted by atomic mass is 79.9. The van der Waals surface area contributed by atoms with Gasteiger partial charge in [-0.25, -0.2) is 8.42 Å². The zero-order valence-electron chi connectivity index (χ0n) is 9.89. The quantitative estimate of drug-likeness (QED) is 0.778. The van der Waals surface area contributed by atoms with Crippen molar-refractivity contribution in [3.8, 4) is 0 Å². The molecular formula is C11H16BrNO2S2. The molecule has 0 bridgehead atoms. The standard InChI is InChI=1S/C11H16BrNO2S2/c1-8-5-6-13(7-10(8)12)17(14,15)11-4-3-9(2)16-11/h3-4,8,10H,5-7H2,1-2H3. The van der Waals surface area contributed by atoms with Crippen molar-refractivity contribution in [3.63, 3.8) is 0 Å². The predicted molar refractivity (Wildman–Crippen MR) is 74.3 cm³/mol. The van der Waals surface area contributed by atoms with E-state index in [4.69, 9.17) is 0 Å². The first-order valence-corrected chi connectivity index (χ1v) is 8.79. The zero-order valence-corrected chi connectivity index (χ0v) is 13.1. The number of alkyl halides is 1. The number of rotatable bonds is 2. The van der Waals surface area contributed by atoms with E-state index in [0.717, 1.165) is 11.3 Å². The van der Waals surface area contributed by atoms with E-state index in [0.29, 0.717) is 23.2 Å². The van der Waals surface area contributed by atoms with E-state index in [2.05, 4.69) is 22.9 Å². The molecule has 2 unspecified atom stereocenters. The zero-order chi connectivity index (χ0) is 12.6. The van der Waals surface area contributed by atoms with Crippen molar-refractivity contribution in [2.75, 3.05) is 13.1 Å². The molecule has 2 rings (SSSR count). The normalized spacial score (nSPS) is 27.2. The Bertz CT molecular complexity index is 497. The molecule has 6 heteroatoms. The van der Waals surface area contributed by atoms with Crippen LogP contribution in [-0.2, 0) is 10.0 Å². The maximum absolute atomic E-state index is 12.4. The summed E-state index contributed by atoms with van der Waals surface area (Å²) in [6, 6.07) is 3.56. The van der Waals surface area contributed by atoms with Crippen LogP contribution in [0.2, 0.25) is 0 Å². The van der Waals surface area contributed by atoms with Gasteiger partial charge in [0, 0.05) is 22.8 Å². The van der Waals surface area contributed by atoms with Gasteiger partial charge in [0.25, 0.3) is 10.0 Å². The minimum atomic E-state index is -3.28. The first-order valence-electron chi connectivity index (χ1n) is 5.62. The molecule has 1 aliphatic rings. The summed E-state index contributed by atoms with van der Waals surface area (Å²) in [6.45, 7) is 5.27. The minimum absolute atomic E-state index is 0.257. The number of thiophene rings is 1. The Labute approximate surface area is 115 Å². The van der Waals surface area contributed by atoms with Crippen LogP contribution in [0.25, 0.3) is 0 Å². The fourth-order valence-corrected chi connectivity index (χ4v) is 5.61. The van der Waals surface area contributed by atoms with Crippen LogP contribution >= 0.6 is 27.3 Å². The number of nitrogens with zero attached hydrogens (tertiary/aromatic N) is 1. The number of piperidine rings is 1. The van der Waals surface area contributed by atoms with E-state index in [1.807, 2.05) is 13.0 Å². The molecular weight excluding hydrogens is 322 g/mol. The molecule has 2 heterocycles. The van der Waals surface area contributed by atoms with E-state index >= 15 is 0 Å². The maximum atomic E-state index is 12.4. The largest absolute Gasteiger partial charge is 0.252 e.